The number of sulfone groups is 1. The lowest BCUT2D eigenvalue weighted by atomic mass is 9.93. The lowest BCUT2D eigenvalue weighted by molar-refractivity contribution is 0.402. The van der Waals surface area contributed by atoms with Crippen LogP contribution in [0, 0.1) is 5.92 Å². The van der Waals surface area contributed by atoms with Crippen LogP contribution in [0.25, 0.3) is 0 Å². The van der Waals surface area contributed by atoms with Crippen LogP contribution in [0.15, 0.2) is 24.3 Å². The molecule has 2 rings (SSSR count). The van der Waals surface area contributed by atoms with E-state index in [1.807, 2.05) is 19.2 Å². The SMILES string of the molecule is CNC(Cc1ccc(O)cc1)C1CCS(=O)(=O)C1. The molecule has 18 heavy (non-hydrogen) atoms. The molecule has 2 unspecified atom stereocenters. The van der Waals surface area contributed by atoms with Crippen LogP contribution in [0.3, 0.4) is 0 Å². The summed E-state index contributed by atoms with van der Waals surface area (Å²) < 4.78 is 23.0. The minimum absolute atomic E-state index is 0.173. The van der Waals surface area contributed by atoms with Crippen molar-refractivity contribution in [3.8, 4) is 5.75 Å². The van der Waals surface area contributed by atoms with Crippen molar-refractivity contribution < 1.29 is 13.5 Å². The molecule has 1 aliphatic heterocycles. The molecule has 1 fully saturated rings. The third-order valence-electron chi connectivity index (χ3n) is 3.60. The van der Waals surface area contributed by atoms with Gasteiger partial charge in [0.05, 0.1) is 11.5 Å². The third-order valence-corrected chi connectivity index (χ3v) is 5.39. The van der Waals surface area contributed by atoms with Crippen LogP contribution >= 0.6 is 0 Å². The van der Waals surface area contributed by atoms with Crippen LogP contribution in [-0.2, 0) is 16.3 Å². The number of benzene rings is 1. The first-order valence-electron chi connectivity index (χ1n) is 6.16. The molecule has 1 aromatic rings. The summed E-state index contributed by atoms with van der Waals surface area (Å²) in [6.07, 6.45) is 1.53. The molecule has 0 aromatic heterocycles. The highest BCUT2D eigenvalue weighted by Gasteiger charge is 2.32. The molecule has 2 N–H and O–H groups in total. The molecular formula is C13H19NO3S. The lowest BCUT2D eigenvalue weighted by Crippen LogP contribution is -2.36. The van der Waals surface area contributed by atoms with E-state index in [9.17, 15) is 13.5 Å². The van der Waals surface area contributed by atoms with E-state index in [-0.39, 0.29) is 23.5 Å². The van der Waals surface area contributed by atoms with Crippen molar-refractivity contribution in [2.45, 2.75) is 18.9 Å². The molecule has 1 saturated heterocycles. The van der Waals surface area contributed by atoms with Crippen LogP contribution in [0.1, 0.15) is 12.0 Å². The van der Waals surface area contributed by atoms with Crippen LogP contribution in [0.4, 0.5) is 0 Å². The molecular weight excluding hydrogens is 250 g/mol. The highest BCUT2D eigenvalue weighted by atomic mass is 32.2. The van der Waals surface area contributed by atoms with Crippen LogP contribution in [-0.4, -0.2) is 38.1 Å². The minimum Gasteiger partial charge on any atom is -0.508 e. The highest BCUT2D eigenvalue weighted by Crippen LogP contribution is 2.24. The van der Waals surface area contributed by atoms with E-state index in [1.165, 1.54) is 0 Å². The van der Waals surface area contributed by atoms with Gasteiger partial charge in [-0.05, 0) is 43.5 Å². The Kier molecular flexibility index (Phi) is 3.92. The zero-order valence-corrected chi connectivity index (χ0v) is 11.3. The molecule has 1 aliphatic rings. The highest BCUT2D eigenvalue weighted by molar-refractivity contribution is 7.91. The number of hydrogen-bond donors (Lipinski definition) is 2. The Bertz CT molecular complexity index is 495. The fourth-order valence-corrected chi connectivity index (χ4v) is 4.41. The summed E-state index contributed by atoms with van der Waals surface area (Å²) in [5.74, 6) is 1.04. The quantitative estimate of drug-likeness (QED) is 0.854. The van der Waals surface area contributed by atoms with E-state index in [0.717, 1.165) is 18.4 Å². The van der Waals surface area contributed by atoms with Crippen molar-refractivity contribution in [3.63, 3.8) is 0 Å². The van der Waals surface area contributed by atoms with Gasteiger partial charge in [0.1, 0.15) is 5.75 Å². The molecule has 0 spiro atoms. The number of likely N-dealkylation sites (N-methyl/N-ethyl adjacent to an activating group) is 1. The van der Waals surface area contributed by atoms with Gasteiger partial charge < -0.3 is 10.4 Å². The Morgan fingerprint density at radius 1 is 1.39 bits per heavy atom. The normalized spacial score (nSPS) is 23.9. The third kappa shape index (κ3) is 3.23. The summed E-state index contributed by atoms with van der Waals surface area (Å²) in [7, 11) is -0.959. The molecule has 100 valence electrons. The van der Waals surface area contributed by atoms with Gasteiger partial charge in [-0.25, -0.2) is 8.42 Å². The van der Waals surface area contributed by atoms with E-state index in [4.69, 9.17) is 0 Å². The Labute approximate surface area is 108 Å². The largest absolute Gasteiger partial charge is 0.508 e. The molecule has 4 nitrogen and oxygen atoms in total. The number of rotatable bonds is 4. The average Bonchev–Trinajstić information content (AvgIpc) is 2.69. The number of phenolic OH excluding ortho intramolecular Hbond substituents is 1. The number of nitrogens with one attached hydrogen (secondary N) is 1. The van der Waals surface area contributed by atoms with Gasteiger partial charge >= 0.3 is 0 Å². The van der Waals surface area contributed by atoms with Gasteiger partial charge in [0.15, 0.2) is 9.84 Å². The minimum atomic E-state index is -2.83. The zero-order chi connectivity index (χ0) is 13.2. The van der Waals surface area contributed by atoms with Gasteiger partial charge in [0.25, 0.3) is 0 Å². The van der Waals surface area contributed by atoms with Gasteiger partial charge in [0, 0.05) is 6.04 Å². The summed E-state index contributed by atoms with van der Waals surface area (Å²) >= 11 is 0. The molecule has 0 amide bonds. The van der Waals surface area contributed by atoms with Crippen molar-refractivity contribution in [2.24, 2.45) is 5.92 Å². The summed E-state index contributed by atoms with van der Waals surface area (Å²) in [5, 5.41) is 12.5. The fraction of sp³-hybridized carbons (Fsp3) is 0.538. The van der Waals surface area contributed by atoms with E-state index in [1.54, 1.807) is 12.1 Å². The second-order valence-corrected chi connectivity index (χ2v) is 7.16. The summed E-state index contributed by atoms with van der Waals surface area (Å²) in [4.78, 5) is 0. The Morgan fingerprint density at radius 3 is 2.56 bits per heavy atom. The molecule has 1 aromatic carbocycles. The molecule has 0 aliphatic carbocycles. The molecule has 1 heterocycles. The second-order valence-electron chi connectivity index (χ2n) is 4.93. The molecule has 0 radical (unpaired) electrons. The zero-order valence-electron chi connectivity index (χ0n) is 10.5. The predicted octanol–water partition coefficient (Wildman–Crippen LogP) is 0.957. The molecule has 0 saturated carbocycles. The van der Waals surface area contributed by atoms with Crippen LogP contribution in [0.5, 0.6) is 5.75 Å². The predicted molar refractivity (Wildman–Crippen MR) is 71.4 cm³/mol. The van der Waals surface area contributed by atoms with Gasteiger partial charge in [-0.1, -0.05) is 12.1 Å². The smallest absolute Gasteiger partial charge is 0.150 e. The Morgan fingerprint density at radius 2 is 2.06 bits per heavy atom. The van der Waals surface area contributed by atoms with Gasteiger partial charge in [-0.2, -0.15) is 0 Å². The van der Waals surface area contributed by atoms with Crippen molar-refractivity contribution >= 4 is 9.84 Å². The maximum atomic E-state index is 11.5. The summed E-state index contributed by atoms with van der Waals surface area (Å²) in [6.45, 7) is 0. The van der Waals surface area contributed by atoms with Crippen molar-refractivity contribution in [3.05, 3.63) is 29.8 Å². The van der Waals surface area contributed by atoms with E-state index < -0.39 is 9.84 Å². The van der Waals surface area contributed by atoms with Crippen LogP contribution in [0.2, 0.25) is 0 Å². The Hall–Kier alpha value is -1.07. The average molecular weight is 269 g/mol. The maximum absolute atomic E-state index is 11.5. The lowest BCUT2D eigenvalue weighted by Gasteiger charge is -2.22. The summed E-state index contributed by atoms with van der Waals surface area (Å²) in [5.41, 5.74) is 1.11. The van der Waals surface area contributed by atoms with E-state index in [0.29, 0.717) is 5.75 Å². The maximum Gasteiger partial charge on any atom is 0.150 e. The summed E-state index contributed by atoms with van der Waals surface area (Å²) in [6, 6.07) is 7.25. The fourth-order valence-electron chi connectivity index (χ4n) is 2.53. The number of phenols is 1. The van der Waals surface area contributed by atoms with Gasteiger partial charge in [-0.3, -0.25) is 0 Å². The monoisotopic (exact) mass is 269 g/mol. The molecule has 5 heteroatoms. The topological polar surface area (TPSA) is 66.4 Å². The first kappa shape index (κ1) is 13.4. The number of aromatic hydroxyl groups is 1. The van der Waals surface area contributed by atoms with Gasteiger partial charge in [-0.15, -0.1) is 0 Å². The first-order chi connectivity index (χ1) is 8.50. The molecule has 0 bridgehead atoms. The van der Waals surface area contributed by atoms with Crippen LogP contribution < -0.4 is 5.32 Å². The van der Waals surface area contributed by atoms with Crippen molar-refractivity contribution in [1.29, 1.82) is 0 Å². The van der Waals surface area contributed by atoms with Crippen molar-refractivity contribution in [1.82, 2.24) is 5.32 Å². The standard InChI is InChI=1S/C13H19NO3S/c1-14-13(11-6-7-18(16,17)9-11)8-10-2-4-12(15)5-3-10/h2-5,11,13-15H,6-9H2,1H3. The first-order valence-corrected chi connectivity index (χ1v) is 7.98. The van der Waals surface area contributed by atoms with Crippen molar-refractivity contribution in [2.75, 3.05) is 18.6 Å². The van der Waals surface area contributed by atoms with Gasteiger partial charge in [0.2, 0.25) is 0 Å². The molecule has 2 atom stereocenters. The number of hydrogen-bond acceptors (Lipinski definition) is 4. The second kappa shape index (κ2) is 5.28. The van der Waals surface area contributed by atoms with E-state index in [2.05, 4.69) is 5.32 Å². The Balaban J connectivity index is 2.04. The van der Waals surface area contributed by atoms with E-state index >= 15 is 0 Å².